The van der Waals surface area contributed by atoms with Gasteiger partial charge in [-0.05, 0) is 37.6 Å². The number of H-pyrrole nitrogens is 1. The number of aromatic nitrogens is 7. The van der Waals surface area contributed by atoms with E-state index in [-0.39, 0.29) is 18.2 Å². The lowest BCUT2D eigenvalue weighted by atomic mass is 9.99. The third kappa shape index (κ3) is 3.33. The first kappa shape index (κ1) is 19.7. The number of fused-ring (bicyclic) bond motifs is 1. The van der Waals surface area contributed by atoms with Gasteiger partial charge in [-0.3, -0.25) is 15.4 Å². The van der Waals surface area contributed by atoms with Crippen molar-refractivity contribution in [3.63, 3.8) is 0 Å². The van der Waals surface area contributed by atoms with E-state index in [0.29, 0.717) is 5.65 Å². The summed E-state index contributed by atoms with van der Waals surface area (Å²) in [7, 11) is 1.83. The number of nitrogens with two attached hydrogens (primary N) is 1. The second-order valence-corrected chi connectivity index (χ2v) is 7.84. The van der Waals surface area contributed by atoms with Crippen molar-refractivity contribution < 1.29 is 4.98 Å². The van der Waals surface area contributed by atoms with Crippen LogP contribution in [0.15, 0.2) is 59.5 Å². The van der Waals surface area contributed by atoms with E-state index in [1.807, 2.05) is 75.6 Å². The zero-order valence-electron chi connectivity index (χ0n) is 18.1. The van der Waals surface area contributed by atoms with Gasteiger partial charge in [0.1, 0.15) is 5.69 Å². The van der Waals surface area contributed by atoms with Crippen LogP contribution in [0.25, 0.3) is 28.0 Å². The minimum Gasteiger partial charge on any atom is -0.290 e. The van der Waals surface area contributed by atoms with Crippen LogP contribution in [0.2, 0.25) is 0 Å². The van der Waals surface area contributed by atoms with Gasteiger partial charge >= 0.3 is 11.6 Å². The number of nitrogens with one attached hydrogen (secondary N) is 1. The average molecular weight is 427 g/mol. The second-order valence-electron chi connectivity index (χ2n) is 7.84. The standard InChI is InChI=1S/C23H22N8O/c1-14-11-17(12-15(2)25-14)19-20(16-7-5-4-6-8-16)26-22(24)31-21(19)28-30(23(31)32)13-18-9-10-29(3)27-18/h4-12H,13H2,1-3H3,(H2,24,26)/p+1. The molecule has 0 saturated heterocycles. The molecule has 5 rings (SSSR count). The fraction of sp³-hybridized carbons (Fsp3) is 0.174. The molecule has 0 radical (unpaired) electrons. The number of benzene rings is 1. The van der Waals surface area contributed by atoms with Crippen molar-refractivity contribution >= 4 is 11.6 Å². The van der Waals surface area contributed by atoms with Gasteiger partial charge < -0.3 is 0 Å². The molecule has 0 aliphatic heterocycles. The Morgan fingerprint density at radius 2 is 1.72 bits per heavy atom. The predicted molar refractivity (Wildman–Crippen MR) is 121 cm³/mol. The molecule has 1 aromatic carbocycles. The number of pyridine rings is 1. The lowest BCUT2D eigenvalue weighted by molar-refractivity contribution is -0.351. The van der Waals surface area contributed by atoms with Crippen LogP contribution in [0.4, 0.5) is 5.95 Å². The Morgan fingerprint density at radius 3 is 2.38 bits per heavy atom. The summed E-state index contributed by atoms with van der Waals surface area (Å²) in [4.78, 5) is 21.0. The Morgan fingerprint density at radius 1 is 1.00 bits per heavy atom. The Hall–Kier alpha value is -4.27. The minimum atomic E-state index is -0.331. The minimum absolute atomic E-state index is 0.211. The largest absolute Gasteiger partial charge is 0.411 e. The molecule has 0 amide bonds. The zero-order chi connectivity index (χ0) is 22.4. The van der Waals surface area contributed by atoms with Gasteiger partial charge in [0.2, 0.25) is 5.65 Å². The predicted octanol–water partition coefficient (Wildman–Crippen LogP) is 2.02. The van der Waals surface area contributed by atoms with Gasteiger partial charge in [-0.15, -0.1) is 9.50 Å². The number of nitrogens with zero attached hydrogens (tertiary/aromatic N) is 6. The van der Waals surface area contributed by atoms with Gasteiger partial charge in [0, 0.05) is 30.2 Å². The van der Waals surface area contributed by atoms with Gasteiger partial charge in [0.25, 0.3) is 0 Å². The molecule has 0 saturated carbocycles. The molecule has 5 aromatic rings. The number of aryl methyl sites for hydroxylation is 3. The van der Waals surface area contributed by atoms with Gasteiger partial charge in [0.15, 0.2) is 0 Å². The van der Waals surface area contributed by atoms with Crippen molar-refractivity contribution in [2.75, 3.05) is 5.73 Å². The molecule has 32 heavy (non-hydrogen) atoms. The van der Waals surface area contributed by atoms with Crippen LogP contribution in [-0.4, -0.2) is 28.9 Å². The molecule has 160 valence electrons. The average Bonchev–Trinajstić information content (AvgIpc) is 3.31. The fourth-order valence-electron chi connectivity index (χ4n) is 4.02. The number of aromatic amines is 1. The smallest absolute Gasteiger partial charge is 0.290 e. The van der Waals surface area contributed by atoms with Crippen LogP contribution in [0.3, 0.4) is 0 Å². The van der Waals surface area contributed by atoms with Crippen molar-refractivity contribution in [1.29, 1.82) is 0 Å². The highest BCUT2D eigenvalue weighted by atomic mass is 16.2. The molecule has 0 aliphatic carbocycles. The summed E-state index contributed by atoms with van der Waals surface area (Å²) in [6.07, 6.45) is 1.83. The summed E-state index contributed by atoms with van der Waals surface area (Å²) in [5, 5.41) is 9.07. The van der Waals surface area contributed by atoms with Crippen LogP contribution >= 0.6 is 0 Å². The number of nitrogen functional groups attached to an aromatic ring is 1. The van der Waals surface area contributed by atoms with Crippen LogP contribution in [0.5, 0.6) is 0 Å². The first-order valence-electron chi connectivity index (χ1n) is 10.2. The molecular formula is C23H23N8O+. The maximum atomic E-state index is 13.2. The molecule has 4 aromatic heterocycles. The normalized spacial score (nSPS) is 11.3. The second kappa shape index (κ2) is 7.45. The third-order valence-corrected chi connectivity index (χ3v) is 5.32. The highest BCUT2D eigenvalue weighted by molar-refractivity contribution is 5.88. The van der Waals surface area contributed by atoms with Crippen LogP contribution in [0.1, 0.15) is 17.1 Å². The maximum Gasteiger partial charge on any atom is 0.411 e. The molecule has 0 aliphatic rings. The summed E-state index contributed by atoms with van der Waals surface area (Å²) in [6.45, 7) is 4.14. The van der Waals surface area contributed by atoms with Crippen molar-refractivity contribution in [1.82, 2.24) is 28.9 Å². The number of hydrogen-bond donors (Lipinski definition) is 1. The van der Waals surface area contributed by atoms with Crippen LogP contribution in [0, 0.1) is 13.8 Å². The summed E-state index contributed by atoms with van der Waals surface area (Å²) >= 11 is 0. The summed E-state index contributed by atoms with van der Waals surface area (Å²) in [5.41, 5.74) is 12.4. The lowest BCUT2D eigenvalue weighted by Crippen LogP contribution is -2.28. The van der Waals surface area contributed by atoms with E-state index in [4.69, 9.17) is 10.8 Å². The first-order valence-corrected chi connectivity index (χ1v) is 10.2. The Labute approximate surface area is 183 Å². The van der Waals surface area contributed by atoms with E-state index in [9.17, 15) is 4.79 Å². The topological polar surface area (TPSA) is 110 Å². The van der Waals surface area contributed by atoms with E-state index in [2.05, 4.69) is 15.1 Å². The van der Waals surface area contributed by atoms with Crippen LogP contribution in [-0.2, 0) is 13.6 Å². The SMILES string of the molecule is Cc1cc(-c2c(-c3ccccc3)[nH+]c(N)n3c(=O)n(Cc4ccn(C)n4)nc23)cc(C)n1. The monoisotopic (exact) mass is 427 g/mol. The Kier molecular flexibility index (Phi) is 4.58. The van der Waals surface area contributed by atoms with Gasteiger partial charge in [-0.2, -0.15) is 9.78 Å². The van der Waals surface area contributed by atoms with E-state index >= 15 is 0 Å². The molecule has 0 bridgehead atoms. The molecule has 3 N–H and O–H groups in total. The van der Waals surface area contributed by atoms with Gasteiger partial charge in [-0.1, -0.05) is 30.3 Å². The molecule has 9 nitrogen and oxygen atoms in total. The maximum absolute atomic E-state index is 13.2. The summed E-state index contributed by atoms with van der Waals surface area (Å²) < 4.78 is 4.50. The molecule has 0 spiro atoms. The zero-order valence-corrected chi connectivity index (χ0v) is 18.1. The molecule has 4 heterocycles. The summed E-state index contributed by atoms with van der Waals surface area (Å²) in [5.74, 6) is 0.211. The van der Waals surface area contributed by atoms with Crippen molar-refractivity contribution in [2.24, 2.45) is 7.05 Å². The van der Waals surface area contributed by atoms with E-state index in [1.54, 1.807) is 4.68 Å². The Balaban J connectivity index is 1.83. The van der Waals surface area contributed by atoms with E-state index in [0.717, 1.165) is 39.5 Å². The quantitative estimate of drug-likeness (QED) is 0.472. The van der Waals surface area contributed by atoms with Crippen molar-refractivity contribution in [3.8, 4) is 22.4 Å². The number of anilines is 1. The van der Waals surface area contributed by atoms with Crippen molar-refractivity contribution in [3.05, 3.63) is 82.3 Å². The molecular weight excluding hydrogens is 404 g/mol. The van der Waals surface area contributed by atoms with E-state index in [1.165, 1.54) is 9.08 Å². The molecule has 0 atom stereocenters. The third-order valence-electron chi connectivity index (χ3n) is 5.32. The Bertz CT molecular complexity index is 1490. The summed E-state index contributed by atoms with van der Waals surface area (Å²) in [6, 6.07) is 15.7. The highest BCUT2D eigenvalue weighted by Crippen LogP contribution is 2.32. The van der Waals surface area contributed by atoms with Crippen LogP contribution < -0.4 is 16.4 Å². The molecule has 9 heteroatoms. The molecule has 0 unspecified atom stereocenters. The first-order chi connectivity index (χ1) is 15.4. The van der Waals surface area contributed by atoms with Gasteiger partial charge in [-0.25, -0.2) is 9.78 Å². The van der Waals surface area contributed by atoms with Gasteiger partial charge in [0.05, 0.1) is 17.8 Å². The molecule has 0 fully saturated rings. The van der Waals surface area contributed by atoms with E-state index < -0.39 is 0 Å². The van der Waals surface area contributed by atoms with Crippen molar-refractivity contribution in [2.45, 2.75) is 20.4 Å². The number of rotatable bonds is 4. The lowest BCUT2D eigenvalue weighted by Gasteiger charge is -2.10. The fourth-order valence-corrected chi connectivity index (χ4v) is 4.02. The number of hydrogen-bond acceptors (Lipinski definition) is 5. The highest BCUT2D eigenvalue weighted by Gasteiger charge is 2.26.